The van der Waals surface area contributed by atoms with Gasteiger partial charge in [0.15, 0.2) is 0 Å². The molecular formula is C8H12N. The Hall–Kier alpha value is -0.480. The van der Waals surface area contributed by atoms with Crippen molar-refractivity contribution in [3.63, 3.8) is 0 Å². The van der Waals surface area contributed by atoms with Crippen LogP contribution in [-0.2, 0) is 0 Å². The Bertz CT molecular complexity index is 106. The van der Waals surface area contributed by atoms with Crippen LogP contribution in [0.15, 0.2) is 0 Å². The summed E-state index contributed by atoms with van der Waals surface area (Å²) in [6.07, 6.45) is 9.00. The van der Waals surface area contributed by atoms with Crippen molar-refractivity contribution >= 4 is 0 Å². The van der Waals surface area contributed by atoms with Crippen molar-refractivity contribution in [3.8, 4) is 12.3 Å². The lowest BCUT2D eigenvalue weighted by atomic mass is 10.1. The highest BCUT2D eigenvalue weighted by atomic mass is 15.1. The summed E-state index contributed by atoms with van der Waals surface area (Å²) in [4.78, 5) is 2.21. The lowest BCUT2D eigenvalue weighted by Crippen LogP contribution is -2.25. The Balaban J connectivity index is 2.17. The molecule has 1 heterocycles. The van der Waals surface area contributed by atoms with Crippen LogP contribution in [0.5, 0.6) is 0 Å². The van der Waals surface area contributed by atoms with Crippen molar-refractivity contribution < 1.29 is 0 Å². The topological polar surface area (TPSA) is 3.24 Å². The highest BCUT2D eigenvalue weighted by Crippen LogP contribution is 2.10. The Morgan fingerprint density at radius 3 is 3.00 bits per heavy atom. The van der Waals surface area contributed by atoms with Gasteiger partial charge in [0.2, 0.25) is 0 Å². The number of hydrogen-bond donors (Lipinski definition) is 0. The molecule has 0 unspecified atom stereocenters. The number of terminal acetylenes is 1. The van der Waals surface area contributed by atoms with E-state index in [0.717, 1.165) is 13.1 Å². The van der Waals surface area contributed by atoms with E-state index in [4.69, 9.17) is 6.42 Å². The first-order valence-electron chi connectivity index (χ1n) is 3.44. The van der Waals surface area contributed by atoms with E-state index in [0.29, 0.717) is 0 Å². The minimum absolute atomic E-state index is 0.792. The van der Waals surface area contributed by atoms with Crippen molar-refractivity contribution in [2.45, 2.75) is 19.3 Å². The van der Waals surface area contributed by atoms with Gasteiger partial charge in [0, 0.05) is 6.54 Å². The maximum Gasteiger partial charge on any atom is 0.0601 e. The number of rotatable bonds is 1. The van der Waals surface area contributed by atoms with Gasteiger partial charge in [0.05, 0.1) is 6.54 Å². The normalized spacial score (nSPS) is 21.2. The van der Waals surface area contributed by atoms with Gasteiger partial charge in [-0.2, -0.15) is 0 Å². The van der Waals surface area contributed by atoms with E-state index < -0.39 is 0 Å². The number of nitrogens with zero attached hydrogens (tertiary/aromatic N) is 1. The third-order valence-corrected chi connectivity index (χ3v) is 1.58. The SMILES string of the molecule is C#CCN1[CH]CCCC1. The van der Waals surface area contributed by atoms with Gasteiger partial charge in [-0.05, 0) is 19.4 Å². The Morgan fingerprint density at radius 1 is 1.56 bits per heavy atom. The third-order valence-electron chi connectivity index (χ3n) is 1.58. The first-order chi connectivity index (χ1) is 4.43. The van der Waals surface area contributed by atoms with E-state index in [1.54, 1.807) is 0 Å². The average molecular weight is 122 g/mol. The Morgan fingerprint density at radius 2 is 2.44 bits per heavy atom. The van der Waals surface area contributed by atoms with Crippen molar-refractivity contribution in [2.24, 2.45) is 0 Å². The van der Waals surface area contributed by atoms with Crippen LogP contribution in [-0.4, -0.2) is 18.0 Å². The van der Waals surface area contributed by atoms with Crippen molar-refractivity contribution in [3.05, 3.63) is 6.54 Å². The lowest BCUT2D eigenvalue weighted by molar-refractivity contribution is 0.312. The smallest absolute Gasteiger partial charge is 0.0601 e. The molecule has 1 heteroatoms. The second-order valence-electron chi connectivity index (χ2n) is 2.35. The van der Waals surface area contributed by atoms with Gasteiger partial charge >= 0.3 is 0 Å². The fourth-order valence-corrected chi connectivity index (χ4v) is 1.09. The highest BCUT2D eigenvalue weighted by molar-refractivity contribution is 4.91. The molecule has 0 amide bonds. The van der Waals surface area contributed by atoms with Crippen LogP contribution in [0.4, 0.5) is 0 Å². The monoisotopic (exact) mass is 122 g/mol. The Labute approximate surface area is 57.0 Å². The van der Waals surface area contributed by atoms with Gasteiger partial charge in [0.1, 0.15) is 0 Å². The van der Waals surface area contributed by atoms with E-state index in [2.05, 4.69) is 17.4 Å². The maximum atomic E-state index is 5.15. The standard InChI is InChI=1S/C8H12N/c1-2-6-9-7-4-3-5-8-9/h1,7H,3-6,8H2. The van der Waals surface area contributed by atoms with E-state index >= 15 is 0 Å². The van der Waals surface area contributed by atoms with Crippen LogP contribution in [0.1, 0.15) is 19.3 Å². The van der Waals surface area contributed by atoms with E-state index in [1.165, 1.54) is 19.3 Å². The molecule has 1 fully saturated rings. The number of piperidine rings is 1. The van der Waals surface area contributed by atoms with Crippen LogP contribution in [0, 0.1) is 18.9 Å². The van der Waals surface area contributed by atoms with Crippen LogP contribution in [0.2, 0.25) is 0 Å². The zero-order valence-electron chi connectivity index (χ0n) is 5.64. The minimum Gasteiger partial charge on any atom is -0.288 e. The predicted molar refractivity (Wildman–Crippen MR) is 38.6 cm³/mol. The Kier molecular flexibility index (Phi) is 2.60. The third kappa shape index (κ3) is 2.07. The first-order valence-corrected chi connectivity index (χ1v) is 3.44. The van der Waals surface area contributed by atoms with Gasteiger partial charge < -0.3 is 0 Å². The van der Waals surface area contributed by atoms with Crippen LogP contribution >= 0.6 is 0 Å². The van der Waals surface area contributed by atoms with E-state index in [9.17, 15) is 0 Å². The van der Waals surface area contributed by atoms with Crippen molar-refractivity contribution in [2.75, 3.05) is 13.1 Å². The first kappa shape index (κ1) is 6.64. The molecular weight excluding hydrogens is 110 g/mol. The summed E-state index contributed by atoms with van der Waals surface area (Å²) < 4.78 is 0. The molecule has 0 N–H and O–H groups in total. The minimum atomic E-state index is 0.792. The zero-order valence-corrected chi connectivity index (χ0v) is 5.64. The van der Waals surface area contributed by atoms with Crippen molar-refractivity contribution in [1.82, 2.24) is 4.90 Å². The number of likely N-dealkylation sites (tertiary alicyclic amines) is 1. The summed E-state index contributed by atoms with van der Waals surface area (Å²) in [7, 11) is 0. The van der Waals surface area contributed by atoms with Crippen molar-refractivity contribution in [1.29, 1.82) is 0 Å². The summed E-state index contributed by atoms with van der Waals surface area (Å²) in [5.41, 5.74) is 0. The summed E-state index contributed by atoms with van der Waals surface area (Å²) >= 11 is 0. The fraction of sp³-hybridized carbons (Fsp3) is 0.625. The molecule has 0 aliphatic carbocycles. The zero-order chi connectivity index (χ0) is 6.53. The molecule has 49 valence electrons. The molecule has 0 spiro atoms. The summed E-state index contributed by atoms with van der Waals surface area (Å²) in [5.74, 6) is 2.63. The molecule has 0 aromatic carbocycles. The van der Waals surface area contributed by atoms with Gasteiger partial charge in [-0.15, -0.1) is 6.42 Å². The maximum absolute atomic E-state index is 5.15. The fourth-order valence-electron chi connectivity index (χ4n) is 1.09. The largest absolute Gasteiger partial charge is 0.288 e. The molecule has 1 rings (SSSR count). The van der Waals surface area contributed by atoms with Crippen LogP contribution in [0.3, 0.4) is 0 Å². The molecule has 1 radical (unpaired) electrons. The molecule has 1 aliphatic rings. The van der Waals surface area contributed by atoms with E-state index in [-0.39, 0.29) is 0 Å². The molecule has 1 saturated heterocycles. The molecule has 1 nitrogen and oxygen atoms in total. The average Bonchev–Trinajstić information content (AvgIpc) is 1.91. The summed E-state index contributed by atoms with van der Waals surface area (Å²) in [6.45, 7) is 4.16. The van der Waals surface area contributed by atoms with Gasteiger partial charge in [0.25, 0.3) is 0 Å². The summed E-state index contributed by atoms with van der Waals surface area (Å²) in [5, 5.41) is 0. The van der Waals surface area contributed by atoms with Gasteiger partial charge in [-0.1, -0.05) is 12.3 Å². The lowest BCUT2D eigenvalue weighted by Gasteiger charge is -2.23. The molecule has 0 aromatic heterocycles. The molecule has 0 aromatic rings. The summed E-state index contributed by atoms with van der Waals surface area (Å²) in [6, 6.07) is 0. The highest BCUT2D eigenvalue weighted by Gasteiger charge is 2.07. The van der Waals surface area contributed by atoms with Crippen LogP contribution < -0.4 is 0 Å². The van der Waals surface area contributed by atoms with E-state index in [1.807, 2.05) is 0 Å². The molecule has 0 saturated carbocycles. The molecule has 0 bridgehead atoms. The quantitative estimate of drug-likeness (QED) is 0.473. The second kappa shape index (κ2) is 3.53. The molecule has 0 atom stereocenters. The van der Waals surface area contributed by atoms with Gasteiger partial charge in [-0.25, -0.2) is 0 Å². The molecule has 9 heavy (non-hydrogen) atoms. The second-order valence-corrected chi connectivity index (χ2v) is 2.35. The van der Waals surface area contributed by atoms with Crippen LogP contribution in [0.25, 0.3) is 0 Å². The molecule has 1 aliphatic heterocycles. The van der Waals surface area contributed by atoms with Gasteiger partial charge in [-0.3, -0.25) is 4.90 Å². The predicted octanol–water partition coefficient (Wildman–Crippen LogP) is 1.27. The number of hydrogen-bond acceptors (Lipinski definition) is 1.